The minimum absolute atomic E-state index is 0.0193. The molecule has 3 aromatic carbocycles. The quantitative estimate of drug-likeness (QED) is 0.0289. The number of aliphatic carboxylic acids is 1. The lowest BCUT2D eigenvalue weighted by Crippen LogP contribution is -2.62. The van der Waals surface area contributed by atoms with Crippen molar-refractivity contribution in [3.63, 3.8) is 0 Å². The van der Waals surface area contributed by atoms with Crippen molar-refractivity contribution in [3.8, 4) is 5.75 Å². The van der Waals surface area contributed by atoms with Crippen molar-refractivity contribution in [1.82, 2.24) is 87.6 Å². The second kappa shape index (κ2) is 49.0. The molecule has 42 nitrogen and oxygen atoms in total. The number of likely N-dealkylation sites (N-methyl/N-ethyl adjacent to an activating group) is 3. The first-order valence-corrected chi connectivity index (χ1v) is 45.0. The zero-order valence-electron chi connectivity index (χ0n) is 74.8. The SMILES string of the molecule is CCCC[C@H]1C(=O)N(C)[C@@H](CCCC)C(=O)N[C@@H](CCC(=O)O)C(=O)NC(C(=O)NCC(N)=O)CSCC(=O)N[C@@H](Cc2ccc(O)cc2)C(=O)N(C)[C@@H](C)C(=O)N[C@@H](CC(N)=O)C(=O)N2CCC[C@H]2C(=O)N[C@@H](CC(N)=O)C(=O)N[C@@H](CC(C)C)C(=O)N2CCC[C@H]2C(=O)N[C@@H](Cc2c[nH]c3ccccc23)C(=O)N[C@@H](CN)C(=O)N[C@@H](Cc2c[nH]c3ccccc23)C(=O)N1C. The molecule has 43 heteroatoms. The summed E-state index contributed by atoms with van der Waals surface area (Å²) in [6.45, 7) is 6.78. The summed E-state index contributed by atoms with van der Waals surface area (Å²) in [5.74, 6) is -20.6. The molecule has 3 saturated heterocycles. The van der Waals surface area contributed by atoms with Crippen LogP contribution in [-0.2, 0) is 110 Å². The number of primary amides is 3. The molecule has 3 aliphatic rings. The van der Waals surface area contributed by atoms with Crippen molar-refractivity contribution >= 4 is 146 Å². The molecular weight excluding hydrogens is 1720 g/mol. The van der Waals surface area contributed by atoms with E-state index in [1.165, 1.54) is 57.2 Å². The Kier molecular flexibility index (Phi) is 38.6. The van der Waals surface area contributed by atoms with Gasteiger partial charge >= 0.3 is 5.97 Å². The molecule has 712 valence electrons. The fourth-order valence-corrected chi connectivity index (χ4v) is 17.0. The van der Waals surface area contributed by atoms with Gasteiger partial charge in [-0.25, -0.2) is 0 Å². The van der Waals surface area contributed by atoms with Gasteiger partial charge in [0.15, 0.2) is 0 Å². The van der Waals surface area contributed by atoms with E-state index in [0.717, 1.165) is 19.6 Å². The lowest BCUT2D eigenvalue weighted by atomic mass is 10.00. The number of hydrogen-bond donors (Lipinski definition) is 18. The van der Waals surface area contributed by atoms with Crippen LogP contribution in [0.4, 0.5) is 0 Å². The molecule has 3 aliphatic heterocycles. The summed E-state index contributed by atoms with van der Waals surface area (Å²) in [7, 11) is 3.83. The van der Waals surface area contributed by atoms with Gasteiger partial charge in [-0.15, -0.1) is 11.8 Å². The van der Waals surface area contributed by atoms with Gasteiger partial charge in [0.25, 0.3) is 0 Å². The number of hydrogen-bond acceptors (Lipinski definition) is 22. The van der Waals surface area contributed by atoms with Crippen LogP contribution in [0.25, 0.3) is 21.8 Å². The third-order valence-corrected chi connectivity index (χ3v) is 24.5. The Hall–Kier alpha value is -13.2. The van der Waals surface area contributed by atoms with Gasteiger partial charge in [0.1, 0.15) is 90.3 Å². The van der Waals surface area contributed by atoms with Crippen LogP contribution < -0.4 is 76.1 Å². The number of thioether (sulfide) groups is 1. The predicted octanol–water partition coefficient (Wildman–Crippen LogP) is -2.42. The predicted molar refractivity (Wildman–Crippen MR) is 480 cm³/mol. The van der Waals surface area contributed by atoms with Crippen molar-refractivity contribution in [3.05, 3.63) is 102 Å². The summed E-state index contributed by atoms with van der Waals surface area (Å²) >= 11 is 0.705. The Morgan fingerprint density at radius 3 is 1.51 bits per heavy atom. The number of nitrogens with two attached hydrogens (primary N) is 4. The molecule has 5 aromatic rings. The number of carboxylic acids is 1. The van der Waals surface area contributed by atoms with E-state index in [4.69, 9.17) is 22.9 Å². The molecule has 8 rings (SSSR count). The number of aromatic hydroxyl groups is 1. The van der Waals surface area contributed by atoms with E-state index < -0.39 is 247 Å². The maximum atomic E-state index is 15.7. The molecule has 1 unspecified atom stereocenters. The van der Waals surface area contributed by atoms with Crippen LogP contribution >= 0.6 is 11.8 Å². The summed E-state index contributed by atoms with van der Waals surface area (Å²) in [6.07, 6.45) is 1.14. The van der Waals surface area contributed by atoms with E-state index in [-0.39, 0.29) is 95.4 Å². The molecule has 3 fully saturated rings. The molecule has 22 N–H and O–H groups in total. The first-order valence-electron chi connectivity index (χ1n) is 43.9. The molecule has 0 radical (unpaired) electrons. The molecule has 5 heterocycles. The molecule has 14 atom stereocenters. The van der Waals surface area contributed by atoms with Gasteiger partial charge in [-0.05, 0) is 105 Å². The fourth-order valence-electron chi connectivity index (χ4n) is 16.1. The average Bonchev–Trinajstić information content (AvgIpc) is 1.60. The zero-order chi connectivity index (χ0) is 96.2. The van der Waals surface area contributed by atoms with Crippen LogP contribution in [0.5, 0.6) is 5.75 Å². The second-order valence-electron chi connectivity index (χ2n) is 33.7. The molecule has 0 saturated carbocycles. The van der Waals surface area contributed by atoms with E-state index in [1.807, 2.05) is 6.92 Å². The number of carboxylic acid groups (broad SMARTS) is 1. The standard InChI is InChI=1S/C88H123N21O21S/c1-9-11-23-66-81(123)97-57(31-32-74(115)116)77(119)104-65(76(118)95-44-72(92)113)45-131-46-73(114)96-61(36-49-27-29-52(110)30-28-49)84(126)105(6)48(5)75(117)100-63(40-71(91)112)87(129)109-34-18-26-68(109)83(125)99-59(39-70(90)111)79(121)101-60(35-47(3)4)86(128)108-33-17-25-67(108)82(124)98-58(37-50-42-93-55-21-15-13-19-53(50)55)78(120)103-64(41-89)80(122)102-62(38-51-43-94-56-22-16-14-20-54(51)56)85(127)107(8)69(24-12-10-2)88(130)106(66)7/h13-16,19-22,27-30,42-43,47-48,57-69,93-94,110H,9-12,17-18,23-26,31-41,44-46,89H2,1-8H3,(H2,90,111)(H2,91,112)(H2,92,113)(H,95,118)(H,96,114)(H,97,123)(H,98,124)(H,99,125)(H,100,117)(H,101,121)(H,102,122)(H,103,120)(H,104,119)(H,115,116)/t48-,57-,58-,59-,60-,61-,62-,63-,64-,65?,66-,67-,68-,69-/m0/s1. The first kappa shape index (κ1) is 103. The largest absolute Gasteiger partial charge is 0.508 e. The van der Waals surface area contributed by atoms with Crippen molar-refractivity contribution in [1.29, 1.82) is 0 Å². The van der Waals surface area contributed by atoms with E-state index in [0.29, 0.717) is 69.5 Å². The van der Waals surface area contributed by atoms with Gasteiger partial charge in [-0.2, -0.15) is 0 Å². The van der Waals surface area contributed by atoms with Crippen molar-refractivity contribution in [2.75, 3.05) is 58.8 Å². The maximum absolute atomic E-state index is 15.7. The van der Waals surface area contributed by atoms with E-state index >= 15 is 33.6 Å². The smallest absolute Gasteiger partial charge is 0.303 e. The number of para-hydroxylation sites is 2. The highest BCUT2D eigenvalue weighted by Crippen LogP contribution is 2.28. The van der Waals surface area contributed by atoms with Crippen LogP contribution in [0.2, 0.25) is 0 Å². The number of aromatic amines is 2. The fraction of sp³-hybridized carbons (Fsp3) is 0.534. The Morgan fingerprint density at radius 2 is 0.962 bits per heavy atom. The topological polar surface area (TPSA) is 637 Å². The number of amides is 18. The number of phenolic OH excluding ortho intramolecular Hbond substituents is 1. The molecule has 0 aliphatic carbocycles. The number of benzene rings is 3. The summed E-state index contributed by atoms with van der Waals surface area (Å²) in [6, 6.07) is -2.37. The van der Waals surface area contributed by atoms with E-state index in [9.17, 15) is 67.7 Å². The third-order valence-electron chi connectivity index (χ3n) is 23.4. The number of carbonyl (C=O) groups is 19. The van der Waals surface area contributed by atoms with E-state index in [1.54, 1.807) is 81.7 Å². The number of nitrogens with zero attached hydrogens (tertiary/aromatic N) is 5. The lowest BCUT2D eigenvalue weighted by Gasteiger charge is -2.36. The molecule has 0 bridgehead atoms. The highest BCUT2D eigenvalue weighted by molar-refractivity contribution is 8.00. The van der Waals surface area contributed by atoms with Crippen LogP contribution in [0.15, 0.2) is 85.2 Å². The number of rotatable bonds is 25. The number of nitrogens with one attached hydrogen (secondary N) is 12. The zero-order valence-corrected chi connectivity index (χ0v) is 75.6. The number of phenols is 1. The molecule has 2 aromatic heterocycles. The molecule has 131 heavy (non-hydrogen) atoms. The Labute approximate surface area is 761 Å². The second-order valence-corrected chi connectivity index (χ2v) is 34.7. The molecular formula is C88H123N21O21S. The summed E-state index contributed by atoms with van der Waals surface area (Å²) in [5.41, 5.74) is 25.9. The Morgan fingerprint density at radius 1 is 0.496 bits per heavy atom. The molecule has 0 spiro atoms. The average molecular weight is 1840 g/mol. The van der Waals surface area contributed by atoms with Crippen molar-refractivity contribution in [2.45, 2.75) is 235 Å². The number of carbonyl (C=O) groups excluding carboxylic acids is 18. The Bertz CT molecular complexity index is 4990. The summed E-state index contributed by atoms with van der Waals surface area (Å²) < 4.78 is 0. The van der Waals surface area contributed by atoms with Crippen LogP contribution in [-0.4, -0.2) is 300 Å². The van der Waals surface area contributed by atoms with Crippen LogP contribution in [0, 0.1) is 5.92 Å². The lowest BCUT2D eigenvalue weighted by molar-refractivity contribution is -0.149. The summed E-state index contributed by atoms with van der Waals surface area (Å²) in [4.78, 5) is 285. The van der Waals surface area contributed by atoms with Crippen molar-refractivity contribution < 1.29 is 101 Å². The number of unbranched alkanes of at least 4 members (excludes halogenated alkanes) is 2. The third kappa shape index (κ3) is 28.9. The van der Waals surface area contributed by atoms with Gasteiger partial charge in [-0.1, -0.05) is 102 Å². The van der Waals surface area contributed by atoms with Crippen LogP contribution in [0.1, 0.15) is 148 Å². The van der Waals surface area contributed by atoms with Gasteiger partial charge in [-0.3, -0.25) is 91.1 Å². The maximum Gasteiger partial charge on any atom is 0.303 e. The van der Waals surface area contributed by atoms with Gasteiger partial charge in [0.05, 0.1) is 25.1 Å². The van der Waals surface area contributed by atoms with Gasteiger partial charge in [0.2, 0.25) is 106 Å². The van der Waals surface area contributed by atoms with Gasteiger partial charge in [0, 0.05) is 106 Å². The summed E-state index contributed by atoms with van der Waals surface area (Å²) in [5, 5.41) is 47.4. The van der Waals surface area contributed by atoms with Crippen molar-refractivity contribution in [2.24, 2.45) is 28.9 Å². The minimum atomic E-state index is -1.82. The monoisotopic (exact) mass is 1840 g/mol. The first-order chi connectivity index (χ1) is 62.2. The highest BCUT2D eigenvalue weighted by atomic mass is 32.2. The normalized spacial score (nSPS) is 24.6. The van der Waals surface area contributed by atoms with Crippen LogP contribution in [0.3, 0.4) is 0 Å². The number of H-pyrrole nitrogens is 2. The van der Waals surface area contributed by atoms with E-state index in [2.05, 4.69) is 63.1 Å². The Balaban J connectivity index is 1.19. The van der Waals surface area contributed by atoms with Gasteiger partial charge < -0.3 is 121 Å². The minimum Gasteiger partial charge on any atom is -0.508 e. The number of aromatic nitrogens is 2. The molecule has 18 amide bonds. The number of fused-ring (bicyclic) bond motifs is 4. The highest BCUT2D eigenvalue weighted by Gasteiger charge is 2.46.